The van der Waals surface area contributed by atoms with Gasteiger partial charge in [-0.25, -0.2) is 18.1 Å². The summed E-state index contributed by atoms with van der Waals surface area (Å²) in [6.07, 6.45) is 0.744. The van der Waals surface area contributed by atoms with Crippen molar-refractivity contribution >= 4 is 26.7 Å². The number of nitrogens with two attached hydrogens (primary N) is 1. The number of nitrogen functional groups attached to an aromatic ring is 1. The molecule has 0 aliphatic heterocycles. The van der Waals surface area contributed by atoms with E-state index in [2.05, 4.69) is 9.71 Å². The van der Waals surface area contributed by atoms with Crippen LogP contribution < -0.4 is 10.5 Å². The minimum atomic E-state index is -3.22. The van der Waals surface area contributed by atoms with Gasteiger partial charge < -0.3 is 10.3 Å². The molecule has 1 aromatic heterocycles. The summed E-state index contributed by atoms with van der Waals surface area (Å²) in [5.41, 5.74) is 8.11. The van der Waals surface area contributed by atoms with Crippen molar-refractivity contribution in [1.29, 1.82) is 0 Å². The number of imidazole rings is 1. The summed E-state index contributed by atoms with van der Waals surface area (Å²) >= 11 is 0. The first kappa shape index (κ1) is 13.8. The lowest BCUT2D eigenvalue weighted by Crippen LogP contribution is -2.25. The topological polar surface area (TPSA) is 90.0 Å². The van der Waals surface area contributed by atoms with E-state index in [0.29, 0.717) is 12.2 Å². The molecule has 0 amide bonds. The number of hydrogen-bond acceptors (Lipinski definition) is 4. The van der Waals surface area contributed by atoms with Crippen molar-refractivity contribution in [2.24, 2.45) is 0 Å². The zero-order valence-corrected chi connectivity index (χ0v) is 11.9. The van der Waals surface area contributed by atoms with Gasteiger partial charge in [-0.3, -0.25) is 0 Å². The average Bonchev–Trinajstić information content (AvgIpc) is 2.73. The zero-order chi connectivity index (χ0) is 14.0. The van der Waals surface area contributed by atoms with Gasteiger partial charge in [0.25, 0.3) is 0 Å². The second kappa shape index (κ2) is 5.18. The largest absolute Gasteiger partial charge is 0.399 e. The summed E-state index contributed by atoms with van der Waals surface area (Å²) in [7, 11) is -1.80. The fourth-order valence-electron chi connectivity index (χ4n) is 2.03. The van der Waals surface area contributed by atoms with E-state index in [-0.39, 0.29) is 5.75 Å². The summed E-state index contributed by atoms with van der Waals surface area (Å²) in [6, 6.07) is 5.48. The number of nitrogens with zero attached hydrogens (tertiary/aromatic N) is 2. The van der Waals surface area contributed by atoms with Crippen LogP contribution in [0.3, 0.4) is 0 Å². The molecule has 0 spiro atoms. The molecule has 7 heteroatoms. The van der Waals surface area contributed by atoms with Crippen LogP contribution in [0.4, 0.5) is 5.69 Å². The van der Waals surface area contributed by atoms with E-state index in [4.69, 9.17) is 5.73 Å². The van der Waals surface area contributed by atoms with E-state index in [1.165, 1.54) is 7.05 Å². The molecule has 1 heterocycles. The van der Waals surface area contributed by atoms with Crippen LogP contribution in [0.1, 0.15) is 12.7 Å². The summed E-state index contributed by atoms with van der Waals surface area (Å²) in [5, 5.41) is 0. The van der Waals surface area contributed by atoms with E-state index in [0.717, 1.165) is 23.3 Å². The first-order valence-corrected chi connectivity index (χ1v) is 7.78. The number of benzene rings is 1. The molecule has 0 aliphatic rings. The van der Waals surface area contributed by atoms with Crippen molar-refractivity contribution in [3.05, 3.63) is 24.0 Å². The van der Waals surface area contributed by atoms with Crippen LogP contribution in [-0.2, 0) is 23.0 Å². The Labute approximate surface area is 112 Å². The maximum Gasteiger partial charge on any atom is 0.213 e. The summed E-state index contributed by atoms with van der Waals surface area (Å²) < 4.78 is 27.3. The number of nitrogens with one attached hydrogen (secondary N) is 1. The number of fused-ring (bicyclic) bond motifs is 1. The molecule has 2 rings (SSSR count). The van der Waals surface area contributed by atoms with E-state index in [1.807, 2.05) is 17.6 Å². The fourth-order valence-corrected chi connectivity index (χ4v) is 2.66. The second-order valence-corrected chi connectivity index (χ2v) is 6.35. The van der Waals surface area contributed by atoms with Gasteiger partial charge in [-0.2, -0.15) is 0 Å². The van der Waals surface area contributed by atoms with Gasteiger partial charge in [0, 0.05) is 18.7 Å². The standard InChI is InChI=1S/C12H18N4O2S/c1-3-12-15-10-8-9(13)4-5-11(10)16(12)6-7-19(17,18)14-2/h4-5,8,14H,3,6-7,13H2,1-2H3. The quantitative estimate of drug-likeness (QED) is 0.791. The lowest BCUT2D eigenvalue weighted by molar-refractivity contribution is 0.580. The average molecular weight is 282 g/mol. The van der Waals surface area contributed by atoms with Crippen LogP contribution in [0.2, 0.25) is 0 Å². The molecule has 2 aromatic rings. The summed E-state index contributed by atoms with van der Waals surface area (Å²) in [5.74, 6) is 0.902. The third-order valence-electron chi connectivity index (χ3n) is 3.06. The van der Waals surface area contributed by atoms with Gasteiger partial charge in [0.05, 0.1) is 16.8 Å². The predicted molar refractivity (Wildman–Crippen MR) is 76.4 cm³/mol. The van der Waals surface area contributed by atoms with Crippen molar-refractivity contribution in [1.82, 2.24) is 14.3 Å². The van der Waals surface area contributed by atoms with Gasteiger partial charge in [-0.15, -0.1) is 0 Å². The Bertz CT molecular complexity index is 691. The molecule has 0 bridgehead atoms. The minimum Gasteiger partial charge on any atom is -0.399 e. The van der Waals surface area contributed by atoms with Gasteiger partial charge in [0.2, 0.25) is 10.0 Å². The van der Waals surface area contributed by atoms with Crippen LogP contribution in [-0.4, -0.2) is 30.8 Å². The Balaban J connectivity index is 2.41. The number of hydrogen-bond donors (Lipinski definition) is 2. The minimum absolute atomic E-state index is 0.0341. The van der Waals surface area contributed by atoms with Gasteiger partial charge in [-0.05, 0) is 25.2 Å². The second-order valence-electron chi connectivity index (χ2n) is 4.30. The van der Waals surface area contributed by atoms with E-state index < -0.39 is 10.0 Å². The SMILES string of the molecule is CCc1nc2cc(N)ccc2n1CCS(=O)(=O)NC. The van der Waals surface area contributed by atoms with E-state index in [1.54, 1.807) is 12.1 Å². The third-order valence-corrected chi connectivity index (χ3v) is 4.40. The molecule has 0 unspecified atom stereocenters. The highest BCUT2D eigenvalue weighted by atomic mass is 32.2. The molecule has 0 radical (unpaired) electrons. The smallest absolute Gasteiger partial charge is 0.213 e. The Morgan fingerprint density at radius 3 is 2.79 bits per heavy atom. The van der Waals surface area contributed by atoms with Gasteiger partial charge in [0.1, 0.15) is 5.82 Å². The van der Waals surface area contributed by atoms with Crippen molar-refractivity contribution in [3.8, 4) is 0 Å². The Morgan fingerprint density at radius 2 is 2.16 bits per heavy atom. The van der Waals surface area contributed by atoms with Crippen molar-refractivity contribution < 1.29 is 8.42 Å². The number of aromatic nitrogens is 2. The van der Waals surface area contributed by atoms with Crippen molar-refractivity contribution in [2.75, 3.05) is 18.5 Å². The van der Waals surface area contributed by atoms with Crippen LogP contribution in [0.15, 0.2) is 18.2 Å². The molecule has 0 saturated carbocycles. The maximum atomic E-state index is 11.5. The van der Waals surface area contributed by atoms with Gasteiger partial charge in [-0.1, -0.05) is 6.92 Å². The lowest BCUT2D eigenvalue weighted by atomic mass is 10.3. The summed E-state index contributed by atoms with van der Waals surface area (Å²) in [4.78, 5) is 4.49. The number of anilines is 1. The first-order valence-electron chi connectivity index (χ1n) is 6.12. The van der Waals surface area contributed by atoms with E-state index >= 15 is 0 Å². The molecule has 0 atom stereocenters. The molecule has 3 N–H and O–H groups in total. The van der Waals surface area contributed by atoms with Crippen LogP contribution in [0.5, 0.6) is 0 Å². The van der Waals surface area contributed by atoms with Gasteiger partial charge >= 0.3 is 0 Å². The van der Waals surface area contributed by atoms with Crippen LogP contribution in [0.25, 0.3) is 11.0 Å². The lowest BCUT2D eigenvalue weighted by Gasteiger charge is -2.08. The Hall–Kier alpha value is -1.60. The number of rotatable bonds is 5. The Morgan fingerprint density at radius 1 is 1.42 bits per heavy atom. The molecule has 0 saturated heterocycles. The number of sulfonamides is 1. The predicted octanol–water partition coefficient (Wildman–Crippen LogP) is 0.730. The van der Waals surface area contributed by atoms with Crippen molar-refractivity contribution in [2.45, 2.75) is 19.9 Å². The van der Waals surface area contributed by atoms with Crippen LogP contribution >= 0.6 is 0 Å². The molecular formula is C12H18N4O2S. The van der Waals surface area contributed by atoms with Crippen LogP contribution in [0, 0.1) is 0 Å². The van der Waals surface area contributed by atoms with Crippen molar-refractivity contribution in [3.63, 3.8) is 0 Å². The van der Waals surface area contributed by atoms with Gasteiger partial charge in [0.15, 0.2) is 0 Å². The molecule has 0 fully saturated rings. The number of aryl methyl sites for hydroxylation is 2. The molecule has 19 heavy (non-hydrogen) atoms. The van der Waals surface area contributed by atoms with E-state index in [9.17, 15) is 8.42 Å². The molecule has 1 aromatic carbocycles. The molecular weight excluding hydrogens is 264 g/mol. The molecule has 0 aliphatic carbocycles. The highest BCUT2D eigenvalue weighted by Gasteiger charge is 2.13. The molecule has 104 valence electrons. The molecule has 6 nitrogen and oxygen atoms in total. The third kappa shape index (κ3) is 2.87. The zero-order valence-electron chi connectivity index (χ0n) is 11.0. The summed E-state index contributed by atoms with van der Waals surface area (Å²) in [6.45, 7) is 2.38. The first-order chi connectivity index (χ1) is 8.96. The monoisotopic (exact) mass is 282 g/mol. The maximum absolute atomic E-state index is 11.5. The fraction of sp³-hybridized carbons (Fsp3) is 0.417. The normalized spacial score (nSPS) is 12.1. The highest BCUT2D eigenvalue weighted by molar-refractivity contribution is 7.89. The highest BCUT2D eigenvalue weighted by Crippen LogP contribution is 2.19. The Kier molecular flexibility index (Phi) is 3.77.